The third kappa shape index (κ3) is 5.18. The topological polar surface area (TPSA) is 111 Å². The molecule has 176 valence electrons. The Labute approximate surface area is 197 Å². The Kier molecular flexibility index (Phi) is 7.09. The average molecular weight is 482 g/mol. The SMILES string of the molecule is CC(C)S(=O)(=O)c1ccc(-c2cncc(-c3nnc(-c4ccc(CNCCF)cc4)o3)n2)cc1. The summed E-state index contributed by atoms with van der Waals surface area (Å²) >= 11 is 0. The van der Waals surface area contributed by atoms with Crippen LogP contribution < -0.4 is 5.32 Å². The Balaban J connectivity index is 1.53. The second kappa shape index (κ2) is 10.2. The van der Waals surface area contributed by atoms with Crippen molar-refractivity contribution in [3.05, 3.63) is 66.5 Å². The Morgan fingerprint density at radius 1 is 0.912 bits per heavy atom. The Morgan fingerprint density at radius 3 is 2.24 bits per heavy atom. The summed E-state index contributed by atoms with van der Waals surface area (Å²) in [5.74, 6) is 0.561. The van der Waals surface area contributed by atoms with Gasteiger partial charge in [0.25, 0.3) is 5.89 Å². The molecule has 0 bridgehead atoms. The van der Waals surface area contributed by atoms with Crippen molar-refractivity contribution in [2.24, 2.45) is 0 Å². The summed E-state index contributed by atoms with van der Waals surface area (Å²) in [6, 6.07) is 14.1. The smallest absolute Gasteiger partial charge is 0.268 e. The first kappa shape index (κ1) is 23.7. The largest absolute Gasteiger partial charge is 0.415 e. The molecule has 4 rings (SSSR count). The molecule has 0 amide bonds. The number of aromatic nitrogens is 4. The molecule has 1 N–H and O–H groups in total. The summed E-state index contributed by atoms with van der Waals surface area (Å²) in [7, 11) is -3.35. The normalized spacial score (nSPS) is 11.8. The maximum absolute atomic E-state index is 12.3. The second-order valence-electron chi connectivity index (χ2n) is 7.88. The molecule has 10 heteroatoms. The number of rotatable bonds is 9. The number of sulfone groups is 1. The van der Waals surface area contributed by atoms with Crippen molar-refractivity contribution in [3.8, 4) is 34.3 Å². The molecule has 0 spiro atoms. The first-order valence-corrected chi connectivity index (χ1v) is 12.3. The summed E-state index contributed by atoms with van der Waals surface area (Å²) in [4.78, 5) is 9.04. The molecule has 0 atom stereocenters. The number of halogens is 1. The van der Waals surface area contributed by atoms with Crippen molar-refractivity contribution < 1.29 is 17.2 Å². The van der Waals surface area contributed by atoms with Crippen LogP contribution in [0.3, 0.4) is 0 Å². The van der Waals surface area contributed by atoms with Crippen LogP contribution in [0.5, 0.6) is 0 Å². The third-order valence-electron chi connectivity index (χ3n) is 5.18. The van der Waals surface area contributed by atoms with Gasteiger partial charge < -0.3 is 9.73 Å². The van der Waals surface area contributed by atoms with Crippen molar-refractivity contribution in [3.63, 3.8) is 0 Å². The molecule has 2 aromatic carbocycles. The van der Waals surface area contributed by atoms with Crippen molar-refractivity contribution in [1.29, 1.82) is 0 Å². The first-order valence-electron chi connectivity index (χ1n) is 10.7. The molecule has 0 aliphatic carbocycles. The summed E-state index contributed by atoms with van der Waals surface area (Å²) in [5.41, 5.74) is 3.44. The highest BCUT2D eigenvalue weighted by atomic mass is 32.2. The van der Waals surface area contributed by atoms with Gasteiger partial charge in [-0.25, -0.2) is 17.8 Å². The predicted molar refractivity (Wildman–Crippen MR) is 126 cm³/mol. The molecule has 34 heavy (non-hydrogen) atoms. The van der Waals surface area contributed by atoms with Gasteiger partial charge in [-0.2, -0.15) is 0 Å². The van der Waals surface area contributed by atoms with Gasteiger partial charge in [-0.3, -0.25) is 4.98 Å². The van der Waals surface area contributed by atoms with Gasteiger partial charge in [-0.05, 0) is 43.7 Å². The maximum atomic E-state index is 12.3. The summed E-state index contributed by atoms with van der Waals surface area (Å²) in [6.07, 6.45) is 3.11. The molecule has 0 aliphatic rings. The van der Waals surface area contributed by atoms with E-state index < -0.39 is 21.8 Å². The van der Waals surface area contributed by atoms with Gasteiger partial charge in [-0.15, -0.1) is 10.2 Å². The van der Waals surface area contributed by atoms with Crippen molar-refractivity contribution >= 4 is 9.84 Å². The fourth-order valence-corrected chi connectivity index (χ4v) is 4.26. The fraction of sp³-hybridized carbons (Fsp3) is 0.250. The van der Waals surface area contributed by atoms with E-state index in [-0.39, 0.29) is 10.8 Å². The molecule has 0 unspecified atom stereocenters. The maximum Gasteiger partial charge on any atom is 0.268 e. The molecule has 8 nitrogen and oxygen atoms in total. The van der Waals surface area contributed by atoms with Crippen LogP contribution in [0.15, 0.2) is 70.2 Å². The number of benzene rings is 2. The Bertz CT molecular complexity index is 1350. The number of alkyl halides is 1. The number of nitrogens with zero attached hydrogens (tertiary/aromatic N) is 4. The van der Waals surface area contributed by atoms with E-state index in [9.17, 15) is 12.8 Å². The highest BCUT2D eigenvalue weighted by molar-refractivity contribution is 7.92. The van der Waals surface area contributed by atoms with Crippen LogP contribution in [0, 0.1) is 0 Å². The van der Waals surface area contributed by atoms with Gasteiger partial charge in [0.1, 0.15) is 12.4 Å². The van der Waals surface area contributed by atoms with Crippen LogP contribution in [0.25, 0.3) is 34.3 Å². The van der Waals surface area contributed by atoms with Crippen molar-refractivity contribution in [2.75, 3.05) is 13.2 Å². The van der Waals surface area contributed by atoms with Crippen LogP contribution >= 0.6 is 0 Å². The molecule has 2 heterocycles. The molecule has 0 saturated heterocycles. The fourth-order valence-electron chi connectivity index (χ4n) is 3.20. The van der Waals surface area contributed by atoms with E-state index in [1.165, 1.54) is 6.20 Å². The van der Waals surface area contributed by atoms with Crippen molar-refractivity contribution in [1.82, 2.24) is 25.5 Å². The summed E-state index contributed by atoms with van der Waals surface area (Å²) in [6.45, 7) is 3.79. The Morgan fingerprint density at radius 2 is 1.56 bits per heavy atom. The summed E-state index contributed by atoms with van der Waals surface area (Å²) in [5, 5.41) is 10.7. The quantitative estimate of drug-likeness (QED) is 0.356. The first-order chi connectivity index (χ1) is 16.4. The van der Waals surface area contributed by atoms with Gasteiger partial charge in [0, 0.05) is 24.2 Å². The van der Waals surface area contributed by atoms with E-state index >= 15 is 0 Å². The summed E-state index contributed by atoms with van der Waals surface area (Å²) < 4.78 is 42.7. The van der Waals surface area contributed by atoms with Crippen LogP contribution in [0.2, 0.25) is 0 Å². The number of hydrogen-bond acceptors (Lipinski definition) is 8. The Hall–Kier alpha value is -3.50. The zero-order chi connectivity index (χ0) is 24.1. The molecular weight excluding hydrogens is 457 g/mol. The minimum absolute atomic E-state index is 0.219. The van der Waals surface area contributed by atoms with Gasteiger partial charge in [-0.1, -0.05) is 24.3 Å². The minimum Gasteiger partial charge on any atom is -0.415 e. The highest BCUT2D eigenvalue weighted by Gasteiger charge is 2.19. The molecule has 0 aliphatic heterocycles. The lowest BCUT2D eigenvalue weighted by molar-refractivity contribution is 0.467. The molecular formula is C24H24FN5O3S. The lowest BCUT2D eigenvalue weighted by atomic mass is 10.1. The van der Waals surface area contributed by atoms with Crippen LogP contribution in [-0.2, 0) is 16.4 Å². The van der Waals surface area contributed by atoms with Crippen LogP contribution in [0.1, 0.15) is 19.4 Å². The molecule has 4 aromatic rings. The van der Waals surface area contributed by atoms with Crippen LogP contribution in [0.4, 0.5) is 4.39 Å². The average Bonchev–Trinajstić information content (AvgIpc) is 3.35. The zero-order valence-electron chi connectivity index (χ0n) is 18.8. The minimum atomic E-state index is -3.35. The number of nitrogens with one attached hydrogen (secondary N) is 1. The monoisotopic (exact) mass is 481 g/mol. The van der Waals surface area contributed by atoms with Crippen molar-refractivity contribution in [2.45, 2.75) is 30.5 Å². The van der Waals surface area contributed by atoms with Gasteiger partial charge >= 0.3 is 0 Å². The van der Waals surface area contributed by atoms with Gasteiger partial charge in [0.2, 0.25) is 5.89 Å². The van der Waals surface area contributed by atoms with Gasteiger partial charge in [0.15, 0.2) is 9.84 Å². The molecule has 0 radical (unpaired) electrons. The van der Waals surface area contributed by atoms with Crippen LogP contribution in [-0.4, -0.2) is 47.1 Å². The molecule has 0 saturated carbocycles. The molecule has 2 aromatic heterocycles. The lowest BCUT2D eigenvalue weighted by Gasteiger charge is -2.08. The van der Waals surface area contributed by atoms with Gasteiger partial charge in [0.05, 0.1) is 28.2 Å². The van der Waals surface area contributed by atoms with E-state index in [4.69, 9.17) is 4.42 Å². The van der Waals surface area contributed by atoms with E-state index in [0.29, 0.717) is 35.9 Å². The third-order valence-corrected chi connectivity index (χ3v) is 7.35. The standard InChI is InChI=1S/C24H24FN5O3S/c1-16(2)34(31,32)20-9-7-18(8-10-20)21-14-27-15-22(28-21)24-30-29-23(33-24)19-5-3-17(4-6-19)13-26-12-11-25/h3-10,14-16,26H,11-13H2,1-2H3. The van der Waals surface area contributed by atoms with E-state index in [0.717, 1.165) is 11.1 Å². The number of hydrogen-bond donors (Lipinski definition) is 1. The highest BCUT2D eigenvalue weighted by Crippen LogP contribution is 2.26. The van der Waals surface area contributed by atoms with E-state index in [1.807, 2.05) is 24.3 Å². The second-order valence-corrected chi connectivity index (χ2v) is 10.4. The molecule has 0 fully saturated rings. The zero-order valence-corrected chi connectivity index (χ0v) is 19.6. The van der Waals surface area contributed by atoms with E-state index in [2.05, 4.69) is 25.5 Å². The predicted octanol–water partition coefficient (Wildman–Crippen LogP) is 4.10. The lowest BCUT2D eigenvalue weighted by Crippen LogP contribution is -2.15. The van der Waals surface area contributed by atoms with E-state index in [1.54, 1.807) is 44.3 Å².